The Morgan fingerprint density at radius 2 is 2.33 bits per heavy atom. The van der Waals surface area contributed by atoms with Crippen LogP contribution in [0.25, 0.3) is 0 Å². The fourth-order valence-electron chi connectivity index (χ4n) is 0.952. The van der Waals surface area contributed by atoms with E-state index >= 15 is 0 Å². The Balaban J connectivity index is 2.36. The first-order valence-corrected chi connectivity index (χ1v) is 4.21. The molecular formula is C9H10N2O4. The zero-order chi connectivity index (χ0) is 11.3. The van der Waals surface area contributed by atoms with E-state index < -0.39 is 12.0 Å². The van der Waals surface area contributed by atoms with Gasteiger partial charge in [0.1, 0.15) is 0 Å². The van der Waals surface area contributed by atoms with Gasteiger partial charge in [0.25, 0.3) is 0 Å². The van der Waals surface area contributed by atoms with E-state index in [-0.39, 0.29) is 19.0 Å². The number of carbonyl (C=O) groups is 3. The van der Waals surface area contributed by atoms with Gasteiger partial charge in [-0.05, 0) is 6.08 Å². The molecule has 1 heterocycles. The summed E-state index contributed by atoms with van der Waals surface area (Å²) in [6.07, 6.45) is 3.52. The van der Waals surface area contributed by atoms with Crippen LogP contribution < -0.4 is 5.32 Å². The fourth-order valence-corrected chi connectivity index (χ4v) is 0.952. The Bertz CT molecular complexity index is 319. The molecule has 0 unspecified atom stereocenters. The van der Waals surface area contributed by atoms with Crippen LogP contribution in [0, 0.1) is 0 Å². The van der Waals surface area contributed by atoms with E-state index in [0.29, 0.717) is 0 Å². The van der Waals surface area contributed by atoms with Crippen molar-refractivity contribution in [1.29, 1.82) is 0 Å². The van der Waals surface area contributed by atoms with E-state index in [0.717, 1.165) is 17.2 Å². The van der Waals surface area contributed by atoms with Gasteiger partial charge in [-0.25, -0.2) is 9.59 Å². The van der Waals surface area contributed by atoms with E-state index in [1.54, 1.807) is 0 Å². The van der Waals surface area contributed by atoms with Crippen LogP contribution in [0.2, 0.25) is 0 Å². The minimum absolute atomic E-state index is 0.0130. The van der Waals surface area contributed by atoms with E-state index in [1.807, 2.05) is 0 Å². The van der Waals surface area contributed by atoms with Crippen molar-refractivity contribution in [3.05, 3.63) is 25.0 Å². The van der Waals surface area contributed by atoms with Crippen molar-refractivity contribution >= 4 is 17.9 Å². The number of rotatable bonds is 4. The molecule has 1 saturated heterocycles. The molecular weight excluding hydrogens is 200 g/mol. The molecule has 1 fully saturated rings. The molecule has 15 heavy (non-hydrogen) atoms. The Morgan fingerprint density at radius 3 is 2.87 bits per heavy atom. The summed E-state index contributed by atoms with van der Waals surface area (Å²) < 4.78 is 4.51. The zero-order valence-corrected chi connectivity index (χ0v) is 7.93. The number of carbonyl (C=O) groups excluding carboxylic acids is 3. The van der Waals surface area contributed by atoms with Crippen LogP contribution in [-0.2, 0) is 14.3 Å². The van der Waals surface area contributed by atoms with Crippen molar-refractivity contribution < 1.29 is 19.1 Å². The maximum absolute atomic E-state index is 11.1. The summed E-state index contributed by atoms with van der Waals surface area (Å²) in [6.45, 7) is 3.30. The number of imide groups is 1. The third kappa shape index (κ3) is 2.94. The Hall–Kier alpha value is -2.11. The maximum atomic E-state index is 11.1. The second-order valence-corrected chi connectivity index (χ2v) is 2.68. The summed E-state index contributed by atoms with van der Waals surface area (Å²) in [7, 11) is 0. The summed E-state index contributed by atoms with van der Waals surface area (Å²) in [4.78, 5) is 33.7. The van der Waals surface area contributed by atoms with Crippen molar-refractivity contribution in [3.8, 4) is 0 Å². The van der Waals surface area contributed by atoms with Crippen molar-refractivity contribution in [2.75, 3.05) is 13.1 Å². The molecule has 6 nitrogen and oxygen atoms in total. The molecule has 3 amide bonds. The lowest BCUT2D eigenvalue weighted by Crippen LogP contribution is -2.30. The highest BCUT2D eigenvalue weighted by atomic mass is 16.5. The van der Waals surface area contributed by atoms with Gasteiger partial charge in [-0.1, -0.05) is 6.58 Å². The van der Waals surface area contributed by atoms with E-state index in [4.69, 9.17) is 0 Å². The summed E-state index contributed by atoms with van der Waals surface area (Å²) in [5.41, 5.74) is 0. The number of urea groups is 1. The summed E-state index contributed by atoms with van der Waals surface area (Å²) in [5.74, 6) is -0.900. The Kier molecular flexibility index (Phi) is 3.61. The number of esters is 1. The molecule has 0 bridgehead atoms. The SMILES string of the molecule is C=CC(=O)OC=CCN1C(=O)CNC1=O. The van der Waals surface area contributed by atoms with Gasteiger partial charge < -0.3 is 10.1 Å². The minimum Gasteiger partial charge on any atom is -0.432 e. The number of nitrogens with one attached hydrogen (secondary N) is 1. The summed E-state index contributed by atoms with van der Waals surface area (Å²) in [5, 5.41) is 2.36. The predicted molar refractivity (Wildman–Crippen MR) is 50.5 cm³/mol. The van der Waals surface area contributed by atoms with Gasteiger partial charge in [-0.3, -0.25) is 9.69 Å². The molecule has 0 aromatic heterocycles. The Morgan fingerprint density at radius 1 is 1.60 bits per heavy atom. The highest BCUT2D eigenvalue weighted by Crippen LogP contribution is 1.98. The van der Waals surface area contributed by atoms with Crippen molar-refractivity contribution in [2.24, 2.45) is 0 Å². The summed E-state index contributed by atoms with van der Waals surface area (Å²) >= 11 is 0. The third-order valence-corrected chi connectivity index (χ3v) is 1.67. The average Bonchev–Trinajstić information content (AvgIpc) is 2.54. The molecule has 0 saturated carbocycles. The monoisotopic (exact) mass is 210 g/mol. The second kappa shape index (κ2) is 4.94. The molecule has 0 atom stereocenters. The van der Waals surface area contributed by atoms with E-state index in [1.165, 1.54) is 6.08 Å². The van der Waals surface area contributed by atoms with E-state index in [9.17, 15) is 14.4 Å². The Labute approximate surface area is 86.2 Å². The molecule has 0 spiro atoms. The van der Waals surface area contributed by atoms with Gasteiger partial charge >= 0.3 is 12.0 Å². The molecule has 6 heteroatoms. The fraction of sp³-hybridized carbons (Fsp3) is 0.222. The second-order valence-electron chi connectivity index (χ2n) is 2.68. The van der Waals surface area contributed by atoms with Crippen LogP contribution in [0.1, 0.15) is 0 Å². The van der Waals surface area contributed by atoms with Crippen molar-refractivity contribution in [1.82, 2.24) is 10.2 Å². The van der Waals surface area contributed by atoms with Crippen LogP contribution in [0.4, 0.5) is 4.79 Å². The van der Waals surface area contributed by atoms with Crippen LogP contribution in [0.15, 0.2) is 25.0 Å². The van der Waals surface area contributed by atoms with Crippen LogP contribution >= 0.6 is 0 Å². The molecule has 80 valence electrons. The lowest BCUT2D eigenvalue weighted by molar-refractivity contribution is -0.132. The smallest absolute Gasteiger partial charge is 0.334 e. The van der Waals surface area contributed by atoms with Crippen LogP contribution in [-0.4, -0.2) is 35.9 Å². The molecule has 0 aromatic carbocycles. The lowest BCUT2D eigenvalue weighted by Gasteiger charge is -2.07. The zero-order valence-electron chi connectivity index (χ0n) is 7.93. The lowest BCUT2D eigenvalue weighted by atomic mass is 10.5. The number of hydrogen-bond donors (Lipinski definition) is 1. The topological polar surface area (TPSA) is 75.7 Å². The molecule has 1 rings (SSSR count). The first-order chi connectivity index (χ1) is 7.15. The standard InChI is InChI=1S/C9H10N2O4/c1-2-8(13)15-5-3-4-11-7(12)6-10-9(11)14/h2-3,5H,1,4,6H2,(H,10,14). The largest absolute Gasteiger partial charge is 0.432 e. The van der Waals surface area contributed by atoms with Crippen LogP contribution in [0.5, 0.6) is 0 Å². The molecule has 1 aliphatic rings. The molecule has 0 aromatic rings. The van der Waals surface area contributed by atoms with E-state index in [2.05, 4.69) is 16.6 Å². The van der Waals surface area contributed by atoms with Gasteiger partial charge in [0.15, 0.2) is 0 Å². The molecule has 1 N–H and O–H groups in total. The molecule has 0 radical (unpaired) electrons. The number of hydrogen-bond acceptors (Lipinski definition) is 4. The van der Waals surface area contributed by atoms with Gasteiger partial charge in [0, 0.05) is 6.08 Å². The van der Waals surface area contributed by atoms with Gasteiger partial charge in [0.2, 0.25) is 5.91 Å². The number of amides is 3. The summed E-state index contributed by atoms with van der Waals surface area (Å²) in [6, 6.07) is -0.445. The third-order valence-electron chi connectivity index (χ3n) is 1.67. The first kappa shape index (κ1) is 11.0. The predicted octanol–water partition coefficient (Wildman–Crippen LogP) is -0.219. The van der Waals surface area contributed by atoms with Crippen molar-refractivity contribution in [3.63, 3.8) is 0 Å². The van der Waals surface area contributed by atoms with Crippen LogP contribution in [0.3, 0.4) is 0 Å². The highest BCUT2D eigenvalue weighted by molar-refractivity contribution is 6.02. The highest BCUT2D eigenvalue weighted by Gasteiger charge is 2.26. The average molecular weight is 210 g/mol. The number of nitrogens with zero attached hydrogens (tertiary/aromatic N) is 1. The molecule has 1 aliphatic heterocycles. The normalized spacial score (nSPS) is 15.6. The van der Waals surface area contributed by atoms with Gasteiger partial charge in [-0.2, -0.15) is 0 Å². The van der Waals surface area contributed by atoms with Crippen molar-refractivity contribution in [2.45, 2.75) is 0 Å². The first-order valence-electron chi connectivity index (χ1n) is 4.21. The molecule has 0 aliphatic carbocycles. The maximum Gasteiger partial charge on any atom is 0.334 e. The van der Waals surface area contributed by atoms with Gasteiger partial charge in [0.05, 0.1) is 19.4 Å². The quantitative estimate of drug-likeness (QED) is 0.301. The minimum atomic E-state index is -0.594. The number of ether oxygens (including phenoxy) is 1. The van der Waals surface area contributed by atoms with Gasteiger partial charge in [-0.15, -0.1) is 0 Å².